The summed E-state index contributed by atoms with van der Waals surface area (Å²) in [7, 11) is 4.04. The van der Waals surface area contributed by atoms with E-state index >= 15 is 0 Å². The molecule has 1 aliphatic rings. The topological polar surface area (TPSA) is 35.9 Å². The van der Waals surface area contributed by atoms with Crippen molar-refractivity contribution in [2.24, 2.45) is 0 Å². The molecule has 1 aliphatic heterocycles. The van der Waals surface area contributed by atoms with E-state index in [1.54, 1.807) is 0 Å². The quantitative estimate of drug-likeness (QED) is 0.710. The van der Waals surface area contributed by atoms with E-state index in [0.29, 0.717) is 0 Å². The number of aliphatic hydroxyl groups is 1. The molecule has 1 aromatic carbocycles. The Kier molecular flexibility index (Phi) is 7.86. The van der Waals surface area contributed by atoms with Crippen LogP contribution < -0.4 is 4.74 Å². The third kappa shape index (κ3) is 6.90. The van der Waals surface area contributed by atoms with Crippen molar-refractivity contribution in [3.8, 4) is 5.75 Å². The summed E-state index contributed by atoms with van der Waals surface area (Å²) >= 11 is 0. The van der Waals surface area contributed by atoms with Crippen molar-refractivity contribution < 1.29 is 9.84 Å². The summed E-state index contributed by atoms with van der Waals surface area (Å²) in [6.45, 7) is 5.29. The molecule has 0 aromatic heterocycles. The number of aliphatic hydroxyl groups excluding tert-OH is 1. The molecule has 1 N–H and O–H groups in total. The zero-order valence-electron chi connectivity index (χ0n) is 14.7. The highest BCUT2D eigenvalue weighted by Gasteiger charge is 2.10. The lowest BCUT2D eigenvalue weighted by molar-refractivity contribution is 0.154. The Bertz CT molecular complexity index is 428. The van der Waals surface area contributed by atoms with Crippen LogP contribution in [0, 0.1) is 0 Å². The molecular weight excluding hydrogens is 288 g/mol. The SMILES string of the molecule is CN(C)CCC(O)c1ccc(OCCCN2CCCCC2)cc1. The molecule has 0 bridgehead atoms. The molecule has 23 heavy (non-hydrogen) atoms. The zero-order chi connectivity index (χ0) is 16.5. The van der Waals surface area contributed by atoms with E-state index < -0.39 is 6.10 Å². The molecule has 1 fully saturated rings. The molecule has 1 atom stereocenters. The summed E-state index contributed by atoms with van der Waals surface area (Å²) in [5.41, 5.74) is 0.965. The first-order chi connectivity index (χ1) is 11.1. The largest absolute Gasteiger partial charge is 0.494 e. The van der Waals surface area contributed by atoms with Crippen LogP contribution in [0.4, 0.5) is 0 Å². The molecule has 1 saturated heterocycles. The molecule has 0 radical (unpaired) electrons. The standard InChI is InChI=1S/C19H32N2O2/c1-20(2)15-11-19(22)17-7-9-18(10-8-17)23-16-6-14-21-12-4-3-5-13-21/h7-10,19,22H,3-6,11-16H2,1-2H3. The Labute approximate surface area is 141 Å². The summed E-state index contributed by atoms with van der Waals surface area (Å²) < 4.78 is 5.81. The molecule has 2 rings (SSSR count). The fourth-order valence-electron chi connectivity index (χ4n) is 2.99. The van der Waals surface area contributed by atoms with E-state index in [1.807, 2.05) is 38.4 Å². The van der Waals surface area contributed by atoms with Gasteiger partial charge in [0.2, 0.25) is 0 Å². The van der Waals surface area contributed by atoms with Crippen LogP contribution in [-0.2, 0) is 0 Å². The van der Waals surface area contributed by atoms with Crippen LogP contribution in [0.5, 0.6) is 5.75 Å². The predicted octanol–water partition coefficient (Wildman–Crippen LogP) is 2.93. The van der Waals surface area contributed by atoms with Gasteiger partial charge < -0.3 is 19.6 Å². The van der Waals surface area contributed by atoms with Gasteiger partial charge in [-0.3, -0.25) is 0 Å². The van der Waals surface area contributed by atoms with Crippen molar-refractivity contribution in [2.75, 3.05) is 46.9 Å². The number of piperidine rings is 1. The zero-order valence-corrected chi connectivity index (χ0v) is 14.7. The summed E-state index contributed by atoms with van der Waals surface area (Å²) in [5.74, 6) is 0.896. The number of hydrogen-bond donors (Lipinski definition) is 1. The highest BCUT2D eigenvalue weighted by atomic mass is 16.5. The summed E-state index contributed by atoms with van der Waals surface area (Å²) in [6, 6.07) is 7.88. The molecule has 1 aromatic rings. The second-order valence-electron chi connectivity index (χ2n) is 6.78. The van der Waals surface area contributed by atoms with Gasteiger partial charge in [-0.15, -0.1) is 0 Å². The number of nitrogens with zero attached hydrogens (tertiary/aromatic N) is 2. The molecule has 1 heterocycles. The van der Waals surface area contributed by atoms with Gasteiger partial charge in [0.15, 0.2) is 0 Å². The molecular formula is C19H32N2O2. The first kappa shape index (κ1) is 18.2. The van der Waals surface area contributed by atoms with Gasteiger partial charge in [0, 0.05) is 13.1 Å². The Balaban J connectivity index is 1.66. The van der Waals surface area contributed by atoms with Gasteiger partial charge in [-0.05, 0) is 70.6 Å². The first-order valence-electron chi connectivity index (χ1n) is 8.93. The normalized spacial score (nSPS) is 17.4. The second kappa shape index (κ2) is 9.91. The summed E-state index contributed by atoms with van der Waals surface area (Å²) in [5, 5.41) is 10.1. The molecule has 1 unspecified atom stereocenters. The monoisotopic (exact) mass is 320 g/mol. The van der Waals surface area contributed by atoms with Crippen molar-refractivity contribution in [3.63, 3.8) is 0 Å². The molecule has 0 aliphatic carbocycles. The lowest BCUT2D eigenvalue weighted by Gasteiger charge is -2.26. The predicted molar refractivity (Wildman–Crippen MR) is 95.0 cm³/mol. The van der Waals surface area contributed by atoms with E-state index in [0.717, 1.165) is 43.9 Å². The van der Waals surface area contributed by atoms with Crippen molar-refractivity contribution in [2.45, 2.75) is 38.2 Å². The molecule has 0 spiro atoms. The van der Waals surface area contributed by atoms with Gasteiger partial charge in [0.25, 0.3) is 0 Å². The Morgan fingerprint density at radius 1 is 1.13 bits per heavy atom. The smallest absolute Gasteiger partial charge is 0.119 e. The average molecular weight is 320 g/mol. The van der Waals surface area contributed by atoms with E-state index in [4.69, 9.17) is 4.74 Å². The number of ether oxygens (including phenoxy) is 1. The van der Waals surface area contributed by atoms with Gasteiger partial charge in [-0.1, -0.05) is 18.6 Å². The Hall–Kier alpha value is -1.10. The molecule has 0 amide bonds. The van der Waals surface area contributed by atoms with Gasteiger partial charge in [-0.2, -0.15) is 0 Å². The van der Waals surface area contributed by atoms with E-state index in [-0.39, 0.29) is 0 Å². The third-order valence-electron chi connectivity index (χ3n) is 4.45. The third-order valence-corrected chi connectivity index (χ3v) is 4.45. The Morgan fingerprint density at radius 3 is 2.48 bits per heavy atom. The van der Waals surface area contributed by atoms with Crippen LogP contribution in [0.3, 0.4) is 0 Å². The van der Waals surface area contributed by atoms with E-state index in [1.165, 1.54) is 32.4 Å². The highest BCUT2D eigenvalue weighted by molar-refractivity contribution is 5.28. The van der Waals surface area contributed by atoms with Crippen molar-refractivity contribution in [3.05, 3.63) is 29.8 Å². The van der Waals surface area contributed by atoms with Crippen LogP contribution in [0.15, 0.2) is 24.3 Å². The lowest BCUT2D eigenvalue weighted by Crippen LogP contribution is -2.31. The van der Waals surface area contributed by atoms with Crippen LogP contribution >= 0.6 is 0 Å². The maximum atomic E-state index is 10.1. The highest BCUT2D eigenvalue weighted by Crippen LogP contribution is 2.20. The molecule has 4 nitrogen and oxygen atoms in total. The molecule has 130 valence electrons. The van der Waals surface area contributed by atoms with Crippen LogP contribution in [0.1, 0.15) is 43.8 Å². The second-order valence-corrected chi connectivity index (χ2v) is 6.78. The molecule has 0 saturated carbocycles. The fourth-order valence-corrected chi connectivity index (χ4v) is 2.99. The van der Waals surface area contributed by atoms with Gasteiger partial charge in [0.05, 0.1) is 12.7 Å². The Morgan fingerprint density at radius 2 is 1.83 bits per heavy atom. The maximum Gasteiger partial charge on any atom is 0.119 e. The first-order valence-corrected chi connectivity index (χ1v) is 8.93. The number of likely N-dealkylation sites (tertiary alicyclic amines) is 1. The fraction of sp³-hybridized carbons (Fsp3) is 0.684. The van der Waals surface area contributed by atoms with E-state index in [2.05, 4.69) is 9.80 Å². The van der Waals surface area contributed by atoms with Gasteiger partial charge >= 0.3 is 0 Å². The lowest BCUT2D eigenvalue weighted by atomic mass is 10.1. The minimum atomic E-state index is -0.398. The number of rotatable bonds is 9. The maximum absolute atomic E-state index is 10.1. The van der Waals surface area contributed by atoms with Gasteiger partial charge in [-0.25, -0.2) is 0 Å². The van der Waals surface area contributed by atoms with Crippen LogP contribution in [0.2, 0.25) is 0 Å². The van der Waals surface area contributed by atoms with Crippen LogP contribution in [-0.4, -0.2) is 61.8 Å². The molecule has 4 heteroatoms. The minimum absolute atomic E-state index is 0.398. The number of hydrogen-bond acceptors (Lipinski definition) is 4. The summed E-state index contributed by atoms with van der Waals surface area (Å²) in [6.07, 6.45) is 5.51. The minimum Gasteiger partial charge on any atom is -0.494 e. The van der Waals surface area contributed by atoms with Crippen LogP contribution in [0.25, 0.3) is 0 Å². The van der Waals surface area contributed by atoms with Crippen molar-refractivity contribution in [1.82, 2.24) is 9.80 Å². The van der Waals surface area contributed by atoms with E-state index in [9.17, 15) is 5.11 Å². The average Bonchev–Trinajstić information content (AvgIpc) is 2.58. The summed E-state index contributed by atoms with van der Waals surface area (Å²) in [4.78, 5) is 4.63. The number of benzene rings is 1. The van der Waals surface area contributed by atoms with Crippen molar-refractivity contribution >= 4 is 0 Å². The van der Waals surface area contributed by atoms with Crippen molar-refractivity contribution in [1.29, 1.82) is 0 Å². The van der Waals surface area contributed by atoms with Gasteiger partial charge in [0.1, 0.15) is 5.75 Å².